The monoisotopic (exact) mass is 563 g/mol. The molecule has 204 valence electrons. The summed E-state index contributed by atoms with van der Waals surface area (Å²) in [6.07, 6.45) is -12.7. The molecule has 0 bridgehead atoms. The summed E-state index contributed by atoms with van der Waals surface area (Å²) in [7, 11) is -4.35. The first-order chi connectivity index (χ1) is 17.6. The summed E-state index contributed by atoms with van der Waals surface area (Å²) in [4.78, 5) is 1.52. The molecule has 1 atom stereocenters. The Bertz CT molecular complexity index is 1360. The number of rotatable bonds is 6. The van der Waals surface area contributed by atoms with E-state index in [1.165, 1.54) is 0 Å². The average Bonchev–Trinajstić information content (AvgIpc) is 3.29. The van der Waals surface area contributed by atoms with Crippen molar-refractivity contribution in [2.45, 2.75) is 40.6 Å². The van der Waals surface area contributed by atoms with Gasteiger partial charge in [-0.05, 0) is 41.8 Å². The molecule has 0 aromatic heterocycles. The van der Waals surface area contributed by atoms with Crippen LogP contribution in [0.25, 0.3) is 0 Å². The highest BCUT2D eigenvalue weighted by Gasteiger charge is 2.73. The van der Waals surface area contributed by atoms with Crippen molar-refractivity contribution in [2.24, 2.45) is 0 Å². The van der Waals surface area contributed by atoms with Crippen LogP contribution in [0.2, 0.25) is 0 Å². The topological polar surface area (TPSA) is 37.4 Å². The van der Waals surface area contributed by atoms with Gasteiger partial charge in [-0.2, -0.15) is 26.3 Å². The van der Waals surface area contributed by atoms with Gasteiger partial charge in [0, 0.05) is 25.2 Å². The predicted octanol–water partition coefficient (Wildman–Crippen LogP) is 6.69. The molecule has 4 rings (SSSR count). The normalized spacial score (nSPS) is 19.6. The lowest BCUT2D eigenvalue weighted by Gasteiger charge is -2.32. The van der Waals surface area contributed by atoms with Crippen LogP contribution in [0, 0.1) is 5.82 Å². The Labute approximate surface area is 213 Å². The molecule has 1 aliphatic heterocycles. The fourth-order valence-corrected chi connectivity index (χ4v) is 6.88. The number of nitrogens with zero attached hydrogens (tertiary/aromatic N) is 1. The molecule has 1 saturated heterocycles. The highest BCUT2D eigenvalue weighted by molar-refractivity contribution is 7.92. The third-order valence-corrected chi connectivity index (χ3v) is 9.28. The highest BCUT2D eigenvalue weighted by Crippen LogP contribution is 2.53. The lowest BCUT2D eigenvalue weighted by molar-refractivity contribution is -0.348. The standard InChI is InChI=1S/C26H21F8NO2S/c27-21-10-12-22(13-11-21)38(36,37)23(14-15-35(17-23)16-18-4-2-1-3-5-18)19-6-8-20(9-7-19)24(28,25(29,30)31)26(32,33)34/h1-13H,14-17H2. The predicted molar refractivity (Wildman–Crippen MR) is 123 cm³/mol. The minimum Gasteiger partial charge on any atom is -0.297 e. The Morgan fingerprint density at radius 1 is 0.763 bits per heavy atom. The van der Waals surface area contributed by atoms with Crippen molar-refractivity contribution in [3.63, 3.8) is 0 Å². The van der Waals surface area contributed by atoms with Crippen molar-refractivity contribution in [1.29, 1.82) is 0 Å². The minimum atomic E-state index is -6.30. The fraction of sp³-hybridized carbons (Fsp3) is 0.308. The zero-order valence-electron chi connectivity index (χ0n) is 19.5. The molecule has 0 saturated carbocycles. The van der Waals surface area contributed by atoms with Crippen LogP contribution in [0.3, 0.4) is 0 Å². The van der Waals surface area contributed by atoms with E-state index in [1.807, 2.05) is 12.1 Å². The molecule has 3 nitrogen and oxygen atoms in total. The molecule has 38 heavy (non-hydrogen) atoms. The molecule has 1 aliphatic rings. The highest BCUT2D eigenvalue weighted by atomic mass is 32.2. The van der Waals surface area contributed by atoms with E-state index in [0.717, 1.165) is 42.0 Å². The quantitative estimate of drug-likeness (QED) is 0.248. The van der Waals surface area contributed by atoms with Crippen molar-refractivity contribution < 1.29 is 43.5 Å². The van der Waals surface area contributed by atoms with Gasteiger partial charge in [-0.3, -0.25) is 4.90 Å². The van der Waals surface area contributed by atoms with E-state index in [4.69, 9.17) is 0 Å². The van der Waals surface area contributed by atoms with Gasteiger partial charge < -0.3 is 0 Å². The van der Waals surface area contributed by atoms with Crippen molar-refractivity contribution in [3.8, 4) is 0 Å². The number of benzene rings is 3. The zero-order valence-corrected chi connectivity index (χ0v) is 20.3. The van der Waals surface area contributed by atoms with Crippen molar-refractivity contribution >= 4 is 9.84 Å². The van der Waals surface area contributed by atoms with Crippen molar-refractivity contribution in [1.82, 2.24) is 4.90 Å². The second-order valence-corrected chi connectivity index (χ2v) is 11.4. The SMILES string of the molecule is O=S(=O)(c1ccc(F)cc1)C1(c2ccc(C(F)(C(F)(F)F)C(F)(F)F)cc2)CCN(Cc2ccccc2)C1. The van der Waals surface area contributed by atoms with E-state index in [1.54, 1.807) is 23.1 Å². The summed E-state index contributed by atoms with van der Waals surface area (Å²) in [5.41, 5.74) is -6.60. The molecular weight excluding hydrogens is 542 g/mol. The first-order valence-corrected chi connectivity index (χ1v) is 12.8. The lowest BCUT2D eigenvalue weighted by atomic mass is 9.90. The first kappa shape index (κ1) is 28.0. The van der Waals surface area contributed by atoms with Gasteiger partial charge in [0.05, 0.1) is 4.90 Å². The van der Waals surface area contributed by atoms with E-state index in [2.05, 4.69) is 0 Å². The molecule has 0 N–H and O–H groups in total. The average molecular weight is 564 g/mol. The number of alkyl halides is 7. The number of halogens is 8. The molecular formula is C26H21F8NO2S. The zero-order chi connectivity index (χ0) is 28.0. The Hall–Kier alpha value is -2.99. The maximum absolute atomic E-state index is 14.6. The Morgan fingerprint density at radius 3 is 1.84 bits per heavy atom. The summed E-state index contributed by atoms with van der Waals surface area (Å²) < 4.78 is 133. The van der Waals surface area contributed by atoms with Gasteiger partial charge >= 0.3 is 18.0 Å². The fourth-order valence-electron chi connectivity index (χ4n) is 4.78. The molecule has 1 fully saturated rings. The molecule has 12 heteroatoms. The second-order valence-electron chi connectivity index (χ2n) is 9.13. The molecule has 3 aromatic carbocycles. The second kappa shape index (κ2) is 9.64. The summed E-state index contributed by atoms with van der Waals surface area (Å²) in [5.74, 6) is -0.696. The maximum atomic E-state index is 14.6. The van der Waals surface area contributed by atoms with E-state index >= 15 is 0 Å². The lowest BCUT2D eigenvalue weighted by Crippen LogP contribution is -2.50. The molecule has 0 spiro atoms. The third-order valence-electron chi connectivity index (χ3n) is 6.79. The Balaban J connectivity index is 1.80. The molecule has 0 radical (unpaired) electrons. The van der Waals surface area contributed by atoms with Crippen LogP contribution in [-0.4, -0.2) is 38.8 Å². The van der Waals surface area contributed by atoms with Gasteiger partial charge in [0.15, 0.2) is 9.84 Å². The number of hydrogen-bond acceptors (Lipinski definition) is 3. The molecule has 3 aromatic rings. The van der Waals surface area contributed by atoms with Gasteiger partial charge in [-0.25, -0.2) is 17.2 Å². The first-order valence-electron chi connectivity index (χ1n) is 11.3. The van der Waals surface area contributed by atoms with Crippen LogP contribution in [0.15, 0.2) is 83.8 Å². The van der Waals surface area contributed by atoms with Gasteiger partial charge in [0.2, 0.25) is 0 Å². The third kappa shape index (κ3) is 4.68. The maximum Gasteiger partial charge on any atom is 0.435 e. The summed E-state index contributed by atoms with van der Waals surface area (Å²) in [5, 5.41) is 0. The number of hydrogen-bond donors (Lipinski definition) is 0. The van der Waals surface area contributed by atoms with E-state index < -0.39 is 44.0 Å². The molecule has 1 unspecified atom stereocenters. The molecule has 1 heterocycles. The van der Waals surface area contributed by atoms with Crippen LogP contribution in [0.1, 0.15) is 23.1 Å². The van der Waals surface area contributed by atoms with Gasteiger partial charge in [-0.15, -0.1) is 0 Å². The smallest absolute Gasteiger partial charge is 0.297 e. The Morgan fingerprint density at radius 2 is 1.32 bits per heavy atom. The number of sulfone groups is 1. The van der Waals surface area contributed by atoms with Crippen LogP contribution in [0.5, 0.6) is 0 Å². The largest absolute Gasteiger partial charge is 0.435 e. The van der Waals surface area contributed by atoms with E-state index in [9.17, 15) is 43.5 Å². The minimum absolute atomic E-state index is 0.0573. The van der Waals surface area contributed by atoms with Gasteiger partial charge in [0.1, 0.15) is 10.6 Å². The summed E-state index contributed by atoms with van der Waals surface area (Å²) in [6.45, 7) is 0.408. The summed E-state index contributed by atoms with van der Waals surface area (Å²) >= 11 is 0. The van der Waals surface area contributed by atoms with Crippen LogP contribution >= 0.6 is 0 Å². The number of likely N-dealkylation sites (tertiary alicyclic amines) is 1. The van der Waals surface area contributed by atoms with Crippen LogP contribution in [0.4, 0.5) is 35.1 Å². The molecule has 0 amide bonds. The van der Waals surface area contributed by atoms with Crippen LogP contribution in [-0.2, 0) is 26.8 Å². The Kier molecular flexibility index (Phi) is 7.11. The van der Waals surface area contributed by atoms with E-state index in [0.29, 0.717) is 18.7 Å². The van der Waals surface area contributed by atoms with Crippen LogP contribution < -0.4 is 0 Å². The van der Waals surface area contributed by atoms with Crippen molar-refractivity contribution in [2.75, 3.05) is 13.1 Å². The van der Waals surface area contributed by atoms with Crippen molar-refractivity contribution in [3.05, 3.63) is 101 Å². The summed E-state index contributed by atoms with van der Waals surface area (Å²) in [6, 6.07) is 15.2. The van der Waals surface area contributed by atoms with E-state index in [-0.39, 0.29) is 30.0 Å². The molecule has 0 aliphatic carbocycles. The van der Waals surface area contributed by atoms with Gasteiger partial charge in [-0.1, -0.05) is 54.6 Å². The van der Waals surface area contributed by atoms with Gasteiger partial charge in [0.25, 0.3) is 0 Å².